The average molecular weight is 178 g/mol. The van der Waals surface area contributed by atoms with Gasteiger partial charge in [0, 0.05) is 17.5 Å². The van der Waals surface area contributed by atoms with Gasteiger partial charge in [-0.2, -0.15) is 0 Å². The summed E-state index contributed by atoms with van der Waals surface area (Å²) in [4.78, 5) is 0. The molecule has 0 radical (unpaired) electrons. The first-order valence-electron chi connectivity index (χ1n) is 5.02. The lowest BCUT2D eigenvalue weighted by Crippen LogP contribution is -2.35. The van der Waals surface area contributed by atoms with Crippen LogP contribution >= 0.6 is 0 Å². The molecular formula is C12H20N+. The summed E-state index contributed by atoms with van der Waals surface area (Å²) in [7, 11) is 2.13. The molecule has 0 unspecified atom stereocenters. The van der Waals surface area contributed by atoms with E-state index in [0.29, 0.717) is 11.8 Å². The second-order valence-electron chi connectivity index (χ2n) is 4.27. The zero-order valence-corrected chi connectivity index (χ0v) is 9.33. The molecule has 0 atom stereocenters. The smallest absolute Gasteiger partial charge is 0.187 e. The molecule has 0 fully saturated rings. The fraction of sp³-hybridized carbons (Fsp3) is 0.583. The van der Waals surface area contributed by atoms with Crippen molar-refractivity contribution in [2.24, 2.45) is 7.05 Å². The summed E-state index contributed by atoms with van der Waals surface area (Å²) in [6, 6.07) is 4.36. The van der Waals surface area contributed by atoms with Gasteiger partial charge in [-0.1, -0.05) is 27.7 Å². The summed E-state index contributed by atoms with van der Waals surface area (Å²) in [6.07, 6.45) is 2.13. The topological polar surface area (TPSA) is 3.88 Å². The third-order valence-corrected chi connectivity index (χ3v) is 2.43. The van der Waals surface area contributed by atoms with Gasteiger partial charge in [0.05, 0.1) is 0 Å². The summed E-state index contributed by atoms with van der Waals surface area (Å²) in [5, 5.41) is 0. The molecule has 0 aromatic carbocycles. The molecule has 13 heavy (non-hydrogen) atoms. The van der Waals surface area contributed by atoms with Crippen LogP contribution in [0.3, 0.4) is 0 Å². The zero-order valence-electron chi connectivity index (χ0n) is 9.33. The molecule has 1 aromatic heterocycles. The van der Waals surface area contributed by atoms with Crippen molar-refractivity contribution < 1.29 is 4.57 Å². The summed E-state index contributed by atoms with van der Waals surface area (Å²) in [5.74, 6) is 1.22. The maximum atomic E-state index is 2.25. The lowest BCUT2D eigenvalue weighted by atomic mass is 9.95. The Balaban J connectivity index is 3.26. The van der Waals surface area contributed by atoms with E-state index in [1.54, 1.807) is 0 Å². The van der Waals surface area contributed by atoms with Gasteiger partial charge in [-0.15, -0.1) is 0 Å². The zero-order chi connectivity index (χ0) is 10.0. The summed E-state index contributed by atoms with van der Waals surface area (Å²) in [6.45, 7) is 9.00. The average Bonchev–Trinajstić information content (AvgIpc) is 2.02. The van der Waals surface area contributed by atoms with Crippen molar-refractivity contribution in [3.8, 4) is 0 Å². The molecule has 0 amide bonds. The summed E-state index contributed by atoms with van der Waals surface area (Å²) < 4.78 is 2.24. The second kappa shape index (κ2) is 3.91. The van der Waals surface area contributed by atoms with Crippen molar-refractivity contribution >= 4 is 0 Å². The fourth-order valence-electron chi connectivity index (χ4n) is 1.87. The molecule has 1 nitrogen and oxygen atoms in total. The van der Waals surface area contributed by atoms with E-state index < -0.39 is 0 Å². The van der Waals surface area contributed by atoms with Gasteiger partial charge in [-0.05, 0) is 12.0 Å². The minimum atomic E-state index is 0.601. The van der Waals surface area contributed by atoms with Crippen LogP contribution in [0.25, 0.3) is 0 Å². The van der Waals surface area contributed by atoms with E-state index in [0.717, 1.165) is 0 Å². The van der Waals surface area contributed by atoms with Gasteiger partial charge in [0.2, 0.25) is 0 Å². The van der Waals surface area contributed by atoms with E-state index >= 15 is 0 Å². The number of aromatic nitrogens is 1. The Labute approximate surface area is 81.4 Å². The molecule has 0 saturated carbocycles. The third kappa shape index (κ3) is 2.09. The highest BCUT2D eigenvalue weighted by atomic mass is 14.9. The Hall–Kier alpha value is -0.850. The van der Waals surface area contributed by atoms with Gasteiger partial charge in [-0.25, -0.2) is 4.57 Å². The lowest BCUT2D eigenvalue weighted by molar-refractivity contribution is -0.680. The molecule has 1 aromatic rings. The van der Waals surface area contributed by atoms with Gasteiger partial charge in [-0.3, -0.25) is 0 Å². The van der Waals surface area contributed by atoms with Crippen LogP contribution in [0.4, 0.5) is 0 Å². The lowest BCUT2D eigenvalue weighted by Gasteiger charge is -2.12. The first-order valence-corrected chi connectivity index (χ1v) is 5.02. The van der Waals surface area contributed by atoms with Crippen LogP contribution in [-0.2, 0) is 7.05 Å². The highest BCUT2D eigenvalue weighted by Crippen LogP contribution is 2.21. The highest BCUT2D eigenvalue weighted by molar-refractivity contribution is 5.21. The first-order chi connectivity index (χ1) is 6.04. The predicted octanol–water partition coefficient (Wildman–Crippen LogP) is 2.76. The SMILES string of the molecule is CC(C)c1ccc[n+](C)c1C(C)C. The van der Waals surface area contributed by atoms with Gasteiger partial charge in [0.15, 0.2) is 11.9 Å². The first kappa shape index (κ1) is 10.2. The molecule has 72 valence electrons. The van der Waals surface area contributed by atoms with Crippen molar-refractivity contribution in [3.63, 3.8) is 0 Å². The third-order valence-electron chi connectivity index (χ3n) is 2.43. The number of aryl methyl sites for hydroxylation is 1. The molecular weight excluding hydrogens is 158 g/mol. The normalized spacial score (nSPS) is 11.3. The van der Waals surface area contributed by atoms with Crippen LogP contribution in [0.15, 0.2) is 18.3 Å². The Morgan fingerprint density at radius 2 is 1.69 bits per heavy atom. The Morgan fingerprint density at radius 3 is 2.08 bits per heavy atom. The second-order valence-corrected chi connectivity index (χ2v) is 4.27. The van der Waals surface area contributed by atoms with E-state index in [2.05, 4.69) is 57.6 Å². The number of pyridine rings is 1. The number of hydrogen-bond acceptors (Lipinski definition) is 0. The molecule has 0 aliphatic carbocycles. The van der Waals surface area contributed by atoms with Crippen molar-refractivity contribution in [1.29, 1.82) is 0 Å². The van der Waals surface area contributed by atoms with E-state index in [1.165, 1.54) is 11.3 Å². The van der Waals surface area contributed by atoms with E-state index in [4.69, 9.17) is 0 Å². The Kier molecular flexibility index (Phi) is 3.07. The van der Waals surface area contributed by atoms with Crippen molar-refractivity contribution in [1.82, 2.24) is 0 Å². The van der Waals surface area contributed by atoms with Crippen molar-refractivity contribution in [2.45, 2.75) is 39.5 Å². The summed E-state index contributed by atoms with van der Waals surface area (Å²) in [5.41, 5.74) is 2.93. The molecule has 0 saturated heterocycles. The number of hydrogen-bond donors (Lipinski definition) is 0. The van der Waals surface area contributed by atoms with E-state index in [9.17, 15) is 0 Å². The van der Waals surface area contributed by atoms with Crippen LogP contribution in [0.1, 0.15) is 50.8 Å². The molecule has 0 spiro atoms. The highest BCUT2D eigenvalue weighted by Gasteiger charge is 2.18. The molecule has 0 bridgehead atoms. The fourth-order valence-corrected chi connectivity index (χ4v) is 1.87. The predicted molar refractivity (Wildman–Crippen MR) is 55.8 cm³/mol. The van der Waals surface area contributed by atoms with Crippen molar-refractivity contribution in [3.05, 3.63) is 29.6 Å². The maximum absolute atomic E-state index is 2.25. The maximum Gasteiger partial charge on any atom is 0.187 e. The quantitative estimate of drug-likeness (QED) is 0.613. The monoisotopic (exact) mass is 178 g/mol. The molecule has 0 N–H and O–H groups in total. The van der Waals surface area contributed by atoms with Crippen LogP contribution in [0.2, 0.25) is 0 Å². The standard InChI is InChI=1S/C12H20N/c1-9(2)11-7-6-8-13(5)12(11)10(3)4/h6-10H,1-5H3/q+1. The van der Waals surface area contributed by atoms with Crippen LogP contribution in [-0.4, -0.2) is 0 Å². The number of nitrogens with zero attached hydrogens (tertiary/aromatic N) is 1. The molecule has 1 heterocycles. The summed E-state index contributed by atoms with van der Waals surface area (Å²) >= 11 is 0. The minimum absolute atomic E-state index is 0.601. The largest absolute Gasteiger partial charge is 0.205 e. The Morgan fingerprint density at radius 1 is 1.08 bits per heavy atom. The Bertz CT molecular complexity index is 287. The van der Waals surface area contributed by atoms with Crippen LogP contribution < -0.4 is 4.57 Å². The number of rotatable bonds is 2. The van der Waals surface area contributed by atoms with Crippen molar-refractivity contribution in [2.75, 3.05) is 0 Å². The molecule has 1 heteroatoms. The van der Waals surface area contributed by atoms with E-state index in [-0.39, 0.29) is 0 Å². The molecule has 0 aliphatic rings. The van der Waals surface area contributed by atoms with Gasteiger partial charge >= 0.3 is 0 Å². The van der Waals surface area contributed by atoms with Gasteiger partial charge < -0.3 is 0 Å². The molecule has 0 aliphatic heterocycles. The minimum Gasteiger partial charge on any atom is -0.205 e. The van der Waals surface area contributed by atoms with Crippen LogP contribution in [0.5, 0.6) is 0 Å². The van der Waals surface area contributed by atoms with Gasteiger partial charge in [0.1, 0.15) is 7.05 Å². The van der Waals surface area contributed by atoms with E-state index in [1.807, 2.05) is 0 Å². The van der Waals surface area contributed by atoms with Gasteiger partial charge in [0.25, 0.3) is 0 Å². The van der Waals surface area contributed by atoms with Crippen LogP contribution in [0, 0.1) is 0 Å². The molecule has 1 rings (SSSR count).